The van der Waals surface area contributed by atoms with E-state index in [2.05, 4.69) is 15.5 Å². The summed E-state index contributed by atoms with van der Waals surface area (Å²) in [5, 5.41) is 6.27. The Morgan fingerprint density at radius 1 is 1.28 bits per heavy atom. The second-order valence-electron chi connectivity index (χ2n) is 8.26. The number of nitrogens with one attached hydrogen (secondary N) is 1. The number of anilines is 1. The second-order valence-corrected chi connectivity index (χ2v) is 8.26. The van der Waals surface area contributed by atoms with Crippen molar-refractivity contribution >= 4 is 17.8 Å². The van der Waals surface area contributed by atoms with Gasteiger partial charge in [0.15, 0.2) is 18.1 Å². The van der Waals surface area contributed by atoms with Crippen LogP contribution < -0.4 is 16.0 Å². The smallest absolute Gasteiger partial charge is 0.417 e. The van der Waals surface area contributed by atoms with E-state index in [9.17, 15) is 22.8 Å². The van der Waals surface area contributed by atoms with Crippen molar-refractivity contribution in [1.82, 2.24) is 15.5 Å². The van der Waals surface area contributed by atoms with Gasteiger partial charge in [-0.25, -0.2) is 9.78 Å². The summed E-state index contributed by atoms with van der Waals surface area (Å²) in [5.41, 5.74) is 4.39. The lowest BCUT2D eigenvalue weighted by atomic mass is 9.60. The second kappa shape index (κ2) is 8.32. The van der Waals surface area contributed by atoms with Crippen LogP contribution in [0.2, 0.25) is 0 Å². The van der Waals surface area contributed by atoms with Crippen LogP contribution >= 0.6 is 0 Å². The number of amides is 2. The number of alkyl halides is 3. The summed E-state index contributed by atoms with van der Waals surface area (Å²) in [5.74, 6) is 0.0185. The minimum absolute atomic E-state index is 0.00542. The zero-order chi connectivity index (χ0) is 22.9. The van der Waals surface area contributed by atoms with Crippen molar-refractivity contribution < 1.29 is 32.0 Å². The van der Waals surface area contributed by atoms with E-state index in [-0.39, 0.29) is 29.5 Å². The van der Waals surface area contributed by atoms with Crippen molar-refractivity contribution in [1.29, 1.82) is 0 Å². The first-order chi connectivity index (χ1) is 15.1. The number of halogens is 3. The summed E-state index contributed by atoms with van der Waals surface area (Å²) in [6.07, 6.45) is -0.757. The van der Waals surface area contributed by atoms with Gasteiger partial charge in [-0.3, -0.25) is 4.79 Å². The molecule has 12 heteroatoms. The van der Waals surface area contributed by atoms with Gasteiger partial charge in [0.05, 0.1) is 5.56 Å². The molecule has 1 saturated heterocycles. The maximum atomic E-state index is 12.7. The third-order valence-corrected chi connectivity index (χ3v) is 6.06. The van der Waals surface area contributed by atoms with Gasteiger partial charge in [-0.1, -0.05) is 5.16 Å². The van der Waals surface area contributed by atoms with Gasteiger partial charge in [0.25, 0.3) is 5.91 Å². The number of alkyl carbamates (subject to hydrolysis) is 1. The lowest BCUT2D eigenvalue weighted by molar-refractivity contribution is -0.137. The van der Waals surface area contributed by atoms with Gasteiger partial charge in [0.1, 0.15) is 5.82 Å². The van der Waals surface area contributed by atoms with Crippen molar-refractivity contribution in [3.63, 3.8) is 0 Å². The third kappa shape index (κ3) is 4.78. The normalized spacial score (nSPS) is 18.3. The average molecular weight is 453 g/mol. The number of carbonyl (C=O) groups excluding carboxylic acids is 2. The number of rotatable bonds is 5. The van der Waals surface area contributed by atoms with Gasteiger partial charge in [-0.05, 0) is 43.2 Å². The molecule has 172 valence electrons. The molecule has 3 N–H and O–H groups in total. The maximum absolute atomic E-state index is 12.7. The Labute approximate surface area is 181 Å². The molecule has 2 fully saturated rings. The van der Waals surface area contributed by atoms with Gasteiger partial charge in [0, 0.05) is 31.4 Å². The Hall–Kier alpha value is -3.31. The molecule has 0 atom stereocenters. The molecule has 0 unspecified atom stereocenters. The summed E-state index contributed by atoms with van der Waals surface area (Å²) in [7, 11) is 0. The minimum Gasteiger partial charge on any atom is -0.441 e. The predicted octanol–water partition coefficient (Wildman–Crippen LogP) is 2.86. The van der Waals surface area contributed by atoms with E-state index in [4.69, 9.17) is 15.0 Å². The Morgan fingerprint density at radius 2 is 2.00 bits per heavy atom. The Bertz CT molecular complexity index is 976. The number of aromatic nitrogens is 2. The van der Waals surface area contributed by atoms with E-state index < -0.39 is 23.7 Å². The number of hydrogen-bond donors (Lipinski definition) is 2. The summed E-state index contributed by atoms with van der Waals surface area (Å²) in [6.45, 7) is 1.23. The van der Waals surface area contributed by atoms with Crippen molar-refractivity contribution in [2.24, 2.45) is 11.1 Å². The maximum Gasteiger partial charge on any atom is 0.417 e. The summed E-state index contributed by atoms with van der Waals surface area (Å²) < 4.78 is 48.0. The highest BCUT2D eigenvalue weighted by molar-refractivity contribution is 5.90. The van der Waals surface area contributed by atoms with Gasteiger partial charge in [0.2, 0.25) is 0 Å². The summed E-state index contributed by atoms with van der Waals surface area (Å²) in [6, 6.07) is 3.76. The van der Waals surface area contributed by atoms with E-state index in [0.717, 1.165) is 37.9 Å². The molecule has 9 nitrogen and oxygen atoms in total. The summed E-state index contributed by atoms with van der Waals surface area (Å²) >= 11 is 0. The summed E-state index contributed by atoms with van der Waals surface area (Å²) in [4.78, 5) is 28.9. The van der Waals surface area contributed by atoms with Crippen LogP contribution in [0.25, 0.3) is 0 Å². The molecule has 1 saturated carbocycles. The molecule has 0 radical (unpaired) electrons. The molecule has 1 spiro atoms. The monoisotopic (exact) mass is 453 g/mol. The van der Waals surface area contributed by atoms with Gasteiger partial charge < -0.3 is 25.2 Å². The van der Waals surface area contributed by atoms with Crippen molar-refractivity contribution in [3.05, 3.63) is 41.4 Å². The van der Waals surface area contributed by atoms with Gasteiger partial charge in [-0.2, -0.15) is 13.2 Å². The molecule has 0 aromatic carbocycles. The number of pyridine rings is 1. The van der Waals surface area contributed by atoms with Gasteiger partial charge in [-0.15, -0.1) is 0 Å². The molecule has 32 heavy (non-hydrogen) atoms. The SMILES string of the molecule is NC(=O)c1cc(COC(=O)NC2CC3(CCN(c4ccc(C(F)(F)F)cn4)CC3)C2)on1. The highest BCUT2D eigenvalue weighted by Gasteiger charge is 2.46. The molecule has 0 bridgehead atoms. The highest BCUT2D eigenvalue weighted by atomic mass is 19.4. The molecule has 2 aliphatic rings. The van der Waals surface area contributed by atoms with Crippen molar-refractivity contribution in [2.45, 2.75) is 44.5 Å². The molecule has 3 heterocycles. The molecule has 1 aliphatic carbocycles. The average Bonchev–Trinajstić information content (AvgIpc) is 3.21. The standard InChI is InChI=1S/C20H22F3N5O4/c21-20(22,23)12-1-2-16(25-10-12)28-5-3-19(4-6-28)8-13(9-19)26-18(30)31-11-14-7-15(17(24)29)27-32-14/h1-2,7,10,13H,3-6,8-9,11H2,(H2,24,29)(H,26,30). The van der Waals surface area contributed by atoms with E-state index >= 15 is 0 Å². The molecule has 2 aromatic rings. The van der Waals surface area contributed by atoms with Crippen LogP contribution in [0.4, 0.5) is 23.8 Å². The van der Waals surface area contributed by atoms with Crippen LogP contribution in [-0.4, -0.2) is 41.3 Å². The van der Waals surface area contributed by atoms with Gasteiger partial charge >= 0.3 is 12.3 Å². The van der Waals surface area contributed by atoms with E-state index in [1.807, 2.05) is 4.90 Å². The zero-order valence-corrected chi connectivity index (χ0v) is 17.0. The highest BCUT2D eigenvalue weighted by Crippen LogP contribution is 2.49. The van der Waals surface area contributed by atoms with Crippen LogP contribution in [0.1, 0.15) is 47.5 Å². The van der Waals surface area contributed by atoms with Crippen molar-refractivity contribution in [2.75, 3.05) is 18.0 Å². The number of hydrogen-bond acceptors (Lipinski definition) is 7. The number of ether oxygens (including phenoxy) is 1. The number of primary amides is 1. The van der Waals surface area contributed by atoms with Crippen molar-refractivity contribution in [3.8, 4) is 0 Å². The largest absolute Gasteiger partial charge is 0.441 e. The molecular weight excluding hydrogens is 431 g/mol. The number of carbonyl (C=O) groups is 2. The third-order valence-electron chi connectivity index (χ3n) is 6.06. The first kappa shape index (κ1) is 21.9. The quantitative estimate of drug-likeness (QED) is 0.713. The number of nitrogens with two attached hydrogens (primary N) is 1. The van der Waals surface area contributed by atoms with Crippen LogP contribution in [0, 0.1) is 5.41 Å². The molecule has 2 amide bonds. The van der Waals surface area contributed by atoms with E-state index in [1.165, 1.54) is 12.1 Å². The zero-order valence-electron chi connectivity index (χ0n) is 17.0. The number of nitrogens with zero attached hydrogens (tertiary/aromatic N) is 3. The fourth-order valence-electron chi connectivity index (χ4n) is 4.29. The first-order valence-corrected chi connectivity index (χ1v) is 10.1. The predicted molar refractivity (Wildman–Crippen MR) is 104 cm³/mol. The topological polar surface area (TPSA) is 124 Å². The lowest BCUT2D eigenvalue weighted by Crippen LogP contribution is -2.55. The minimum atomic E-state index is -4.39. The fraction of sp³-hybridized carbons (Fsp3) is 0.500. The Balaban J connectivity index is 1.19. The molecular formula is C20H22F3N5O4. The number of piperidine rings is 1. The first-order valence-electron chi connectivity index (χ1n) is 10.1. The lowest BCUT2D eigenvalue weighted by Gasteiger charge is -2.52. The Kier molecular flexibility index (Phi) is 5.70. The van der Waals surface area contributed by atoms with Crippen LogP contribution in [-0.2, 0) is 17.5 Å². The molecule has 2 aromatic heterocycles. The molecule has 1 aliphatic heterocycles. The van der Waals surface area contributed by atoms with Crippen LogP contribution in [0.5, 0.6) is 0 Å². The van der Waals surface area contributed by atoms with E-state index in [1.54, 1.807) is 0 Å². The van der Waals surface area contributed by atoms with E-state index in [0.29, 0.717) is 18.9 Å². The molecule has 4 rings (SSSR count). The Morgan fingerprint density at radius 3 is 2.56 bits per heavy atom. The van der Waals surface area contributed by atoms with Crippen LogP contribution in [0.15, 0.2) is 28.9 Å². The fourth-order valence-corrected chi connectivity index (χ4v) is 4.29. The van der Waals surface area contributed by atoms with Crippen LogP contribution in [0.3, 0.4) is 0 Å².